The van der Waals surface area contributed by atoms with E-state index in [-0.39, 0.29) is 6.42 Å². The third kappa shape index (κ3) is 2.35. The molecule has 0 unspecified atom stereocenters. The van der Waals surface area contributed by atoms with Crippen LogP contribution in [-0.4, -0.2) is 16.1 Å². The Labute approximate surface area is 114 Å². The van der Waals surface area contributed by atoms with Crippen LogP contribution in [0.1, 0.15) is 5.56 Å². The Hall–Kier alpha value is -2.20. The van der Waals surface area contributed by atoms with Crippen molar-refractivity contribution in [2.24, 2.45) is 0 Å². The van der Waals surface area contributed by atoms with Gasteiger partial charge in [-0.05, 0) is 17.7 Å². The van der Waals surface area contributed by atoms with Crippen molar-refractivity contribution in [1.29, 1.82) is 0 Å². The van der Waals surface area contributed by atoms with Gasteiger partial charge in [-0.25, -0.2) is 4.98 Å². The molecule has 0 aliphatic carbocycles. The van der Waals surface area contributed by atoms with Gasteiger partial charge in [-0.1, -0.05) is 36.4 Å². The Morgan fingerprint density at radius 3 is 2.63 bits per heavy atom. The van der Waals surface area contributed by atoms with Crippen molar-refractivity contribution in [3.05, 3.63) is 54.1 Å². The van der Waals surface area contributed by atoms with Crippen LogP contribution in [0.15, 0.2) is 48.5 Å². The van der Waals surface area contributed by atoms with Crippen LogP contribution in [0.2, 0.25) is 0 Å². The fourth-order valence-corrected chi connectivity index (χ4v) is 3.06. The summed E-state index contributed by atoms with van der Waals surface area (Å²) in [6.07, 6.45) is 0.0199. The van der Waals surface area contributed by atoms with Crippen molar-refractivity contribution >= 4 is 27.5 Å². The molecule has 4 heteroatoms. The summed E-state index contributed by atoms with van der Waals surface area (Å²) in [5, 5.41) is 9.83. The smallest absolute Gasteiger partial charge is 0.307 e. The maximum absolute atomic E-state index is 10.9. The SMILES string of the molecule is O=C(O)Cc1ccccc1-c1nc2ccccc2s1. The van der Waals surface area contributed by atoms with Gasteiger partial charge in [0, 0.05) is 5.56 Å². The summed E-state index contributed by atoms with van der Waals surface area (Å²) in [5.41, 5.74) is 2.66. The summed E-state index contributed by atoms with van der Waals surface area (Å²) in [5.74, 6) is -0.825. The van der Waals surface area contributed by atoms with E-state index in [1.165, 1.54) is 0 Å². The maximum atomic E-state index is 10.9. The fourth-order valence-electron chi connectivity index (χ4n) is 2.03. The first-order valence-electron chi connectivity index (χ1n) is 5.90. The van der Waals surface area contributed by atoms with E-state index in [1.54, 1.807) is 11.3 Å². The van der Waals surface area contributed by atoms with Crippen LogP contribution in [0, 0.1) is 0 Å². The van der Waals surface area contributed by atoms with Crippen LogP contribution < -0.4 is 0 Å². The quantitative estimate of drug-likeness (QED) is 0.790. The maximum Gasteiger partial charge on any atom is 0.307 e. The largest absolute Gasteiger partial charge is 0.481 e. The molecule has 0 amide bonds. The van der Waals surface area contributed by atoms with Gasteiger partial charge < -0.3 is 5.11 Å². The predicted molar refractivity (Wildman–Crippen MR) is 76.4 cm³/mol. The van der Waals surface area contributed by atoms with Crippen molar-refractivity contribution in [3.8, 4) is 10.6 Å². The Morgan fingerprint density at radius 2 is 1.84 bits per heavy atom. The van der Waals surface area contributed by atoms with Gasteiger partial charge in [-0.2, -0.15) is 0 Å². The summed E-state index contributed by atoms with van der Waals surface area (Å²) in [6, 6.07) is 15.5. The van der Waals surface area contributed by atoms with E-state index >= 15 is 0 Å². The molecule has 0 aliphatic rings. The van der Waals surface area contributed by atoms with Crippen molar-refractivity contribution in [2.75, 3.05) is 0 Å². The second kappa shape index (κ2) is 4.82. The van der Waals surface area contributed by atoms with Gasteiger partial charge >= 0.3 is 5.97 Å². The molecule has 3 nitrogen and oxygen atoms in total. The van der Waals surface area contributed by atoms with E-state index in [2.05, 4.69) is 4.98 Å². The average Bonchev–Trinajstić information content (AvgIpc) is 2.82. The first-order chi connectivity index (χ1) is 9.24. The van der Waals surface area contributed by atoms with Gasteiger partial charge in [0.05, 0.1) is 16.6 Å². The zero-order chi connectivity index (χ0) is 13.2. The number of carboxylic acids is 1. The van der Waals surface area contributed by atoms with Crippen LogP contribution in [0.5, 0.6) is 0 Å². The molecule has 3 rings (SSSR count). The molecule has 0 aliphatic heterocycles. The van der Waals surface area contributed by atoms with E-state index in [0.717, 1.165) is 26.4 Å². The number of carbonyl (C=O) groups is 1. The number of benzene rings is 2. The van der Waals surface area contributed by atoms with Crippen molar-refractivity contribution in [2.45, 2.75) is 6.42 Å². The number of aliphatic carboxylic acids is 1. The van der Waals surface area contributed by atoms with Crippen LogP contribution in [0.25, 0.3) is 20.8 Å². The van der Waals surface area contributed by atoms with Gasteiger partial charge in [0.15, 0.2) is 0 Å². The van der Waals surface area contributed by atoms with E-state index in [0.29, 0.717) is 0 Å². The molecule has 94 valence electrons. The van der Waals surface area contributed by atoms with Crippen LogP contribution >= 0.6 is 11.3 Å². The van der Waals surface area contributed by atoms with E-state index < -0.39 is 5.97 Å². The molecule has 1 aromatic heterocycles. The summed E-state index contributed by atoms with van der Waals surface area (Å²) in [6.45, 7) is 0. The van der Waals surface area contributed by atoms with Crippen LogP contribution in [0.4, 0.5) is 0 Å². The second-order valence-electron chi connectivity index (χ2n) is 4.21. The predicted octanol–water partition coefficient (Wildman–Crippen LogP) is 3.59. The van der Waals surface area contributed by atoms with E-state index in [4.69, 9.17) is 5.11 Å². The highest BCUT2D eigenvalue weighted by atomic mass is 32.1. The molecule has 0 radical (unpaired) electrons. The summed E-state index contributed by atoms with van der Waals surface area (Å²) < 4.78 is 1.11. The minimum Gasteiger partial charge on any atom is -0.481 e. The summed E-state index contributed by atoms with van der Waals surface area (Å²) >= 11 is 1.59. The minimum atomic E-state index is -0.825. The third-order valence-electron chi connectivity index (χ3n) is 2.88. The zero-order valence-corrected chi connectivity index (χ0v) is 10.9. The molecular formula is C15H11NO2S. The number of aromatic nitrogens is 1. The highest BCUT2D eigenvalue weighted by molar-refractivity contribution is 7.21. The lowest BCUT2D eigenvalue weighted by Crippen LogP contribution is -2.01. The van der Waals surface area contributed by atoms with Crippen LogP contribution in [0.3, 0.4) is 0 Å². The normalized spacial score (nSPS) is 10.7. The highest BCUT2D eigenvalue weighted by Gasteiger charge is 2.11. The topological polar surface area (TPSA) is 50.2 Å². The molecule has 0 saturated carbocycles. The number of nitrogens with zero attached hydrogens (tertiary/aromatic N) is 1. The van der Waals surface area contributed by atoms with E-state index in [1.807, 2.05) is 48.5 Å². The second-order valence-corrected chi connectivity index (χ2v) is 5.25. The number of hydrogen-bond donors (Lipinski definition) is 1. The zero-order valence-electron chi connectivity index (χ0n) is 10.0. The van der Waals surface area contributed by atoms with Crippen LogP contribution in [-0.2, 0) is 11.2 Å². The molecule has 0 spiro atoms. The lowest BCUT2D eigenvalue weighted by atomic mass is 10.1. The highest BCUT2D eigenvalue weighted by Crippen LogP contribution is 2.32. The fraction of sp³-hybridized carbons (Fsp3) is 0.0667. The molecule has 3 aromatic rings. The number of rotatable bonds is 3. The lowest BCUT2D eigenvalue weighted by Gasteiger charge is -2.03. The van der Waals surface area contributed by atoms with Gasteiger partial charge in [-0.15, -0.1) is 11.3 Å². The Balaban J connectivity index is 2.13. The van der Waals surface area contributed by atoms with Gasteiger partial charge in [-0.3, -0.25) is 4.79 Å². The molecule has 2 aromatic carbocycles. The summed E-state index contributed by atoms with van der Waals surface area (Å²) in [4.78, 5) is 15.5. The van der Waals surface area contributed by atoms with Gasteiger partial charge in [0.1, 0.15) is 5.01 Å². The van der Waals surface area contributed by atoms with Crippen molar-refractivity contribution in [3.63, 3.8) is 0 Å². The van der Waals surface area contributed by atoms with E-state index in [9.17, 15) is 4.79 Å². The number of carboxylic acid groups (broad SMARTS) is 1. The van der Waals surface area contributed by atoms with Crippen molar-refractivity contribution in [1.82, 2.24) is 4.98 Å². The number of hydrogen-bond acceptors (Lipinski definition) is 3. The molecule has 19 heavy (non-hydrogen) atoms. The standard InChI is InChI=1S/C15H11NO2S/c17-14(18)9-10-5-1-2-6-11(10)15-16-12-7-3-4-8-13(12)19-15/h1-8H,9H2,(H,17,18). The van der Waals surface area contributed by atoms with Crippen molar-refractivity contribution < 1.29 is 9.90 Å². The first-order valence-corrected chi connectivity index (χ1v) is 6.71. The molecular weight excluding hydrogens is 258 g/mol. The minimum absolute atomic E-state index is 0.0199. The average molecular weight is 269 g/mol. The van der Waals surface area contributed by atoms with Gasteiger partial charge in [0.2, 0.25) is 0 Å². The molecule has 0 fully saturated rings. The molecule has 0 saturated heterocycles. The molecule has 0 atom stereocenters. The van der Waals surface area contributed by atoms with Gasteiger partial charge in [0.25, 0.3) is 0 Å². The molecule has 1 N–H and O–H groups in total. The molecule has 0 bridgehead atoms. The molecule has 1 heterocycles. The Bertz CT molecular complexity index is 715. The third-order valence-corrected chi connectivity index (χ3v) is 3.95. The lowest BCUT2D eigenvalue weighted by molar-refractivity contribution is -0.136. The Kier molecular flexibility index (Phi) is 3.01. The summed E-state index contributed by atoms with van der Waals surface area (Å²) in [7, 11) is 0. The Morgan fingerprint density at radius 1 is 1.11 bits per heavy atom. The number of thiazole rings is 1. The number of fused-ring (bicyclic) bond motifs is 1. The first kappa shape index (κ1) is 11.9. The monoisotopic (exact) mass is 269 g/mol. The number of para-hydroxylation sites is 1.